The Morgan fingerprint density at radius 2 is 2.19 bits per heavy atom. The third-order valence-electron chi connectivity index (χ3n) is 6.95. The number of nitrogens with zero attached hydrogens (tertiary/aromatic N) is 1. The van der Waals surface area contributed by atoms with Crippen LogP contribution >= 0.6 is 0 Å². The Balaban J connectivity index is 1.79. The van der Waals surface area contributed by atoms with Gasteiger partial charge in [0.15, 0.2) is 0 Å². The Morgan fingerprint density at radius 3 is 3.05 bits per heavy atom. The van der Waals surface area contributed by atoms with E-state index < -0.39 is 0 Å². The Hall–Kier alpha value is -1.28. The standard InChI is InChI=1S/C19H23NO/c1-12-5-6-13-9-14-17-18(11-20(14)2)7-3-4-8-19(17,10-18)15(13)16(12)21/h3,5-7,14,17,21H,4,8-11H2,1-2H3/t14-,17-,18-,19+/m1/s1. The highest BCUT2D eigenvalue weighted by Crippen LogP contribution is 2.72. The summed E-state index contributed by atoms with van der Waals surface area (Å²) < 4.78 is 0. The maximum atomic E-state index is 10.8. The smallest absolute Gasteiger partial charge is 0.122 e. The molecule has 1 N–H and O–H groups in total. The first kappa shape index (κ1) is 12.3. The third kappa shape index (κ3) is 1.21. The molecular formula is C19H23NO. The van der Waals surface area contributed by atoms with Gasteiger partial charge < -0.3 is 10.0 Å². The minimum Gasteiger partial charge on any atom is -0.507 e. The first-order chi connectivity index (χ1) is 10.1. The molecule has 2 bridgehead atoms. The predicted molar refractivity (Wildman–Crippen MR) is 83.6 cm³/mol. The van der Waals surface area contributed by atoms with E-state index >= 15 is 0 Å². The summed E-state index contributed by atoms with van der Waals surface area (Å²) in [5, 5.41) is 10.8. The van der Waals surface area contributed by atoms with Gasteiger partial charge in [-0.25, -0.2) is 0 Å². The minimum atomic E-state index is 0.239. The Labute approximate surface area is 126 Å². The van der Waals surface area contributed by atoms with Crippen LogP contribution in [0.25, 0.3) is 0 Å². The fourth-order valence-electron chi connectivity index (χ4n) is 6.42. The number of phenolic OH excluding ortho intramolecular Hbond substituents is 1. The summed E-state index contributed by atoms with van der Waals surface area (Å²) in [5.74, 6) is 1.31. The third-order valence-corrected chi connectivity index (χ3v) is 6.95. The van der Waals surface area contributed by atoms with E-state index in [9.17, 15) is 5.11 Å². The zero-order valence-electron chi connectivity index (χ0n) is 12.9. The van der Waals surface area contributed by atoms with E-state index in [1.165, 1.54) is 36.9 Å². The highest BCUT2D eigenvalue weighted by molar-refractivity contribution is 5.56. The van der Waals surface area contributed by atoms with Crippen LogP contribution in [-0.4, -0.2) is 29.6 Å². The van der Waals surface area contributed by atoms with E-state index in [-0.39, 0.29) is 5.41 Å². The maximum absolute atomic E-state index is 10.8. The number of allylic oxidation sites excluding steroid dienone is 1. The second-order valence-electron chi connectivity index (χ2n) is 7.94. The summed E-state index contributed by atoms with van der Waals surface area (Å²) in [7, 11) is 2.30. The van der Waals surface area contributed by atoms with Gasteiger partial charge in [0.2, 0.25) is 0 Å². The molecule has 2 fully saturated rings. The molecule has 1 aliphatic heterocycles. The van der Waals surface area contributed by atoms with Crippen LogP contribution in [0.2, 0.25) is 0 Å². The van der Waals surface area contributed by atoms with E-state index in [2.05, 4.69) is 36.2 Å². The number of fused-ring (bicyclic) bond motifs is 1. The Kier molecular flexibility index (Phi) is 2.07. The zero-order valence-corrected chi connectivity index (χ0v) is 12.9. The van der Waals surface area contributed by atoms with Gasteiger partial charge in [-0.2, -0.15) is 0 Å². The summed E-state index contributed by atoms with van der Waals surface area (Å²) in [5.41, 5.74) is 4.40. The number of hydrogen-bond donors (Lipinski definition) is 1. The molecule has 1 heterocycles. The summed E-state index contributed by atoms with van der Waals surface area (Å²) in [4.78, 5) is 2.59. The lowest BCUT2D eigenvalue weighted by Gasteiger charge is -2.62. The van der Waals surface area contributed by atoms with Crippen LogP contribution in [0, 0.1) is 18.3 Å². The molecule has 4 atom stereocenters. The molecule has 0 amide bonds. The van der Waals surface area contributed by atoms with Gasteiger partial charge in [0, 0.05) is 29.0 Å². The van der Waals surface area contributed by atoms with Crippen LogP contribution in [-0.2, 0) is 11.8 Å². The summed E-state index contributed by atoms with van der Waals surface area (Å²) in [6.45, 7) is 3.24. The minimum absolute atomic E-state index is 0.239. The van der Waals surface area contributed by atoms with Crippen LogP contribution in [0.5, 0.6) is 5.75 Å². The van der Waals surface area contributed by atoms with Gasteiger partial charge in [-0.1, -0.05) is 24.3 Å². The molecule has 21 heavy (non-hydrogen) atoms. The van der Waals surface area contributed by atoms with Crippen molar-refractivity contribution in [3.63, 3.8) is 0 Å². The average molecular weight is 281 g/mol. The first-order valence-electron chi connectivity index (χ1n) is 8.27. The molecule has 2 heteroatoms. The molecule has 2 nitrogen and oxygen atoms in total. The van der Waals surface area contributed by atoms with Crippen LogP contribution in [0.1, 0.15) is 36.0 Å². The van der Waals surface area contributed by atoms with Gasteiger partial charge in [-0.3, -0.25) is 0 Å². The lowest BCUT2D eigenvalue weighted by atomic mass is 9.40. The van der Waals surface area contributed by atoms with Gasteiger partial charge in [0.25, 0.3) is 0 Å². The Morgan fingerprint density at radius 1 is 1.33 bits per heavy atom. The van der Waals surface area contributed by atoms with E-state index in [1.807, 2.05) is 6.92 Å². The topological polar surface area (TPSA) is 23.5 Å². The van der Waals surface area contributed by atoms with Gasteiger partial charge in [0.1, 0.15) is 5.75 Å². The van der Waals surface area contributed by atoms with Gasteiger partial charge >= 0.3 is 0 Å². The number of hydrogen-bond acceptors (Lipinski definition) is 2. The molecule has 110 valence electrons. The molecule has 3 aliphatic carbocycles. The molecule has 0 spiro atoms. The summed E-state index contributed by atoms with van der Waals surface area (Å²) >= 11 is 0. The van der Waals surface area contributed by atoms with Gasteiger partial charge in [-0.05, 0) is 56.7 Å². The second kappa shape index (κ2) is 3.55. The van der Waals surface area contributed by atoms with E-state index in [0.29, 0.717) is 23.1 Å². The summed E-state index contributed by atoms with van der Waals surface area (Å²) in [6.07, 6.45) is 9.67. The van der Waals surface area contributed by atoms with Gasteiger partial charge in [0.05, 0.1) is 0 Å². The lowest BCUT2D eigenvalue weighted by Crippen LogP contribution is -2.61. The zero-order chi connectivity index (χ0) is 14.4. The van der Waals surface area contributed by atoms with Crippen molar-refractivity contribution in [1.29, 1.82) is 0 Å². The number of phenols is 1. The number of rotatable bonds is 0. The number of aromatic hydroxyl groups is 1. The predicted octanol–water partition coefficient (Wildman–Crippen LogP) is 3.16. The highest BCUT2D eigenvalue weighted by Gasteiger charge is 2.71. The molecule has 1 saturated heterocycles. The molecular weight excluding hydrogens is 258 g/mol. The molecule has 1 aromatic carbocycles. The van der Waals surface area contributed by atoms with E-state index in [4.69, 9.17) is 0 Å². The molecule has 0 unspecified atom stereocenters. The lowest BCUT2D eigenvalue weighted by molar-refractivity contribution is -0.0210. The van der Waals surface area contributed by atoms with Crippen LogP contribution in [0.15, 0.2) is 24.3 Å². The molecule has 0 radical (unpaired) electrons. The van der Waals surface area contributed by atoms with Crippen molar-refractivity contribution in [2.75, 3.05) is 13.6 Å². The van der Waals surface area contributed by atoms with Crippen molar-refractivity contribution in [1.82, 2.24) is 4.90 Å². The van der Waals surface area contributed by atoms with Crippen molar-refractivity contribution in [3.8, 4) is 5.75 Å². The normalized spacial score (nSPS) is 43.0. The van der Waals surface area contributed by atoms with Gasteiger partial charge in [-0.15, -0.1) is 0 Å². The molecule has 1 saturated carbocycles. The number of likely N-dealkylation sites (N-methyl/N-ethyl adjacent to an activating group) is 1. The van der Waals surface area contributed by atoms with Crippen molar-refractivity contribution in [2.24, 2.45) is 11.3 Å². The van der Waals surface area contributed by atoms with Crippen LogP contribution in [0.4, 0.5) is 0 Å². The maximum Gasteiger partial charge on any atom is 0.122 e. The second-order valence-corrected chi connectivity index (χ2v) is 7.94. The summed E-state index contributed by atoms with van der Waals surface area (Å²) in [6, 6.07) is 5.04. The molecule has 4 aliphatic rings. The van der Waals surface area contributed by atoms with Crippen molar-refractivity contribution < 1.29 is 5.11 Å². The monoisotopic (exact) mass is 281 g/mol. The molecule has 0 aromatic heterocycles. The largest absolute Gasteiger partial charge is 0.507 e. The molecule has 1 aromatic rings. The first-order valence-corrected chi connectivity index (χ1v) is 8.27. The highest BCUT2D eigenvalue weighted by atomic mass is 16.3. The van der Waals surface area contributed by atoms with Crippen molar-refractivity contribution in [2.45, 2.75) is 44.1 Å². The van der Waals surface area contributed by atoms with E-state index in [1.54, 1.807) is 0 Å². The Bertz CT molecular complexity index is 678. The van der Waals surface area contributed by atoms with E-state index in [0.717, 1.165) is 12.0 Å². The average Bonchev–Trinajstić information content (AvgIpc) is 2.59. The number of likely N-dealkylation sites (tertiary alicyclic amines) is 1. The fraction of sp³-hybridized carbons (Fsp3) is 0.579. The quantitative estimate of drug-likeness (QED) is 0.738. The number of aryl methyl sites for hydroxylation is 1. The number of benzene rings is 1. The van der Waals surface area contributed by atoms with Crippen molar-refractivity contribution >= 4 is 0 Å². The SMILES string of the molecule is Cc1ccc2c(c1O)[C@@]13CCC=C[C@]4(CN(C)[C@H](C2)[C@H]41)C3. The fourth-order valence-corrected chi connectivity index (χ4v) is 6.42. The molecule has 5 rings (SSSR count). The van der Waals surface area contributed by atoms with Crippen molar-refractivity contribution in [3.05, 3.63) is 41.0 Å². The van der Waals surface area contributed by atoms with Crippen LogP contribution in [0.3, 0.4) is 0 Å². The van der Waals surface area contributed by atoms with Crippen LogP contribution < -0.4 is 0 Å².